The smallest absolute Gasteiger partial charge is 0.127 e. The molecule has 0 spiro atoms. The first kappa shape index (κ1) is 14.9. The molecular formula is C17H22N2O3. The summed E-state index contributed by atoms with van der Waals surface area (Å²) in [6, 6.07) is 7.67. The minimum absolute atomic E-state index is 0.134. The molecule has 3 rings (SSSR count). The normalized spacial score (nSPS) is 17.4. The van der Waals surface area contributed by atoms with Crippen molar-refractivity contribution in [2.24, 2.45) is 0 Å². The van der Waals surface area contributed by atoms with Crippen molar-refractivity contribution in [1.29, 1.82) is 0 Å². The van der Waals surface area contributed by atoms with Gasteiger partial charge in [0.1, 0.15) is 29.8 Å². The zero-order chi connectivity index (χ0) is 15.6. The van der Waals surface area contributed by atoms with Crippen LogP contribution in [0.1, 0.15) is 25.8 Å². The number of hydrogen-bond donors (Lipinski definition) is 1. The fraction of sp³-hybridized carbons (Fsp3) is 0.471. The lowest BCUT2D eigenvalue weighted by atomic mass is 9.94. The van der Waals surface area contributed by atoms with Gasteiger partial charge in [-0.2, -0.15) is 5.10 Å². The van der Waals surface area contributed by atoms with Gasteiger partial charge in [-0.05, 0) is 44.9 Å². The number of aliphatic hydroxyl groups excluding tert-OH is 1. The van der Waals surface area contributed by atoms with Crippen molar-refractivity contribution in [2.75, 3.05) is 6.61 Å². The molecule has 0 radical (unpaired) electrons. The Morgan fingerprint density at radius 2 is 2.27 bits per heavy atom. The average molecular weight is 302 g/mol. The first-order valence-electron chi connectivity index (χ1n) is 7.63. The predicted octanol–water partition coefficient (Wildman–Crippen LogP) is 2.43. The summed E-state index contributed by atoms with van der Waals surface area (Å²) in [4.78, 5) is 0. The van der Waals surface area contributed by atoms with Gasteiger partial charge >= 0.3 is 0 Å². The summed E-state index contributed by atoms with van der Waals surface area (Å²) in [5, 5.41) is 14.1. The molecule has 5 nitrogen and oxygen atoms in total. The molecule has 1 atom stereocenters. The number of aliphatic hydroxyl groups is 1. The first-order chi connectivity index (χ1) is 10.5. The lowest BCUT2D eigenvalue weighted by Gasteiger charge is -2.33. The molecule has 2 heterocycles. The Bertz CT molecular complexity index is 623. The van der Waals surface area contributed by atoms with Gasteiger partial charge in [0, 0.05) is 18.0 Å². The van der Waals surface area contributed by atoms with Crippen LogP contribution in [0.25, 0.3) is 0 Å². The van der Waals surface area contributed by atoms with Crippen molar-refractivity contribution < 1.29 is 14.6 Å². The fourth-order valence-corrected chi connectivity index (χ4v) is 2.66. The number of aromatic nitrogens is 2. The highest BCUT2D eigenvalue weighted by Gasteiger charge is 2.28. The predicted molar refractivity (Wildman–Crippen MR) is 83.2 cm³/mol. The molecular weight excluding hydrogens is 280 g/mol. The second-order valence-electron chi connectivity index (χ2n) is 6.29. The van der Waals surface area contributed by atoms with E-state index < -0.39 is 6.10 Å². The van der Waals surface area contributed by atoms with Gasteiger partial charge in [0.2, 0.25) is 0 Å². The van der Waals surface area contributed by atoms with Crippen LogP contribution in [0.2, 0.25) is 0 Å². The van der Waals surface area contributed by atoms with Crippen molar-refractivity contribution in [2.45, 2.75) is 44.9 Å². The Morgan fingerprint density at radius 3 is 3.05 bits per heavy atom. The average Bonchev–Trinajstić information content (AvgIpc) is 2.96. The Kier molecular flexibility index (Phi) is 4.07. The monoisotopic (exact) mass is 302 g/mol. The molecule has 0 aliphatic carbocycles. The zero-order valence-electron chi connectivity index (χ0n) is 13.0. The van der Waals surface area contributed by atoms with E-state index in [-0.39, 0.29) is 12.2 Å². The van der Waals surface area contributed by atoms with E-state index in [2.05, 4.69) is 18.9 Å². The molecule has 22 heavy (non-hydrogen) atoms. The highest BCUT2D eigenvalue weighted by molar-refractivity contribution is 5.46. The van der Waals surface area contributed by atoms with E-state index in [1.165, 1.54) is 0 Å². The Morgan fingerprint density at radius 1 is 1.41 bits per heavy atom. The minimum Gasteiger partial charge on any atom is -0.490 e. The maximum absolute atomic E-state index is 10.1. The molecule has 1 aliphatic heterocycles. The van der Waals surface area contributed by atoms with Gasteiger partial charge in [-0.15, -0.1) is 0 Å². The molecule has 5 heteroatoms. The van der Waals surface area contributed by atoms with E-state index in [1.54, 1.807) is 10.9 Å². The molecule has 1 aromatic heterocycles. The quantitative estimate of drug-likeness (QED) is 0.921. The molecule has 2 aromatic rings. The third-order valence-electron chi connectivity index (χ3n) is 3.84. The van der Waals surface area contributed by atoms with Crippen LogP contribution in [0.5, 0.6) is 11.5 Å². The number of rotatable bonds is 5. The fourth-order valence-electron chi connectivity index (χ4n) is 2.66. The zero-order valence-corrected chi connectivity index (χ0v) is 13.0. The molecule has 1 unspecified atom stereocenters. The van der Waals surface area contributed by atoms with Crippen LogP contribution >= 0.6 is 0 Å². The Balaban J connectivity index is 1.64. The van der Waals surface area contributed by atoms with Crippen LogP contribution in [0.3, 0.4) is 0 Å². The highest BCUT2D eigenvalue weighted by Crippen LogP contribution is 2.38. The van der Waals surface area contributed by atoms with E-state index in [9.17, 15) is 5.11 Å². The summed E-state index contributed by atoms with van der Waals surface area (Å²) in [6.07, 6.45) is 4.80. The van der Waals surface area contributed by atoms with E-state index in [1.807, 2.05) is 30.5 Å². The standard InChI is InChI=1S/C17H22N2O3/c1-17(2)8-7-14-15(5-3-6-16(14)22-17)21-12-13(20)11-19-10-4-9-18-19/h3-6,9-10,13,20H,7-8,11-12H2,1-2H3. The van der Waals surface area contributed by atoms with E-state index in [0.29, 0.717) is 6.54 Å². The van der Waals surface area contributed by atoms with E-state index in [0.717, 1.165) is 29.9 Å². The molecule has 1 aliphatic rings. The number of nitrogens with zero attached hydrogens (tertiary/aromatic N) is 2. The minimum atomic E-state index is -0.600. The molecule has 1 aromatic carbocycles. The maximum atomic E-state index is 10.1. The summed E-state index contributed by atoms with van der Waals surface area (Å²) in [6.45, 7) is 4.85. The molecule has 0 fully saturated rings. The van der Waals surface area contributed by atoms with Crippen LogP contribution in [-0.2, 0) is 13.0 Å². The molecule has 0 bridgehead atoms. The van der Waals surface area contributed by atoms with Crippen LogP contribution in [0, 0.1) is 0 Å². The molecule has 118 valence electrons. The maximum Gasteiger partial charge on any atom is 0.127 e. The van der Waals surface area contributed by atoms with Crippen LogP contribution in [0.15, 0.2) is 36.7 Å². The summed E-state index contributed by atoms with van der Waals surface area (Å²) in [7, 11) is 0. The molecule has 0 saturated heterocycles. The van der Waals surface area contributed by atoms with Gasteiger partial charge in [-0.1, -0.05) is 6.07 Å². The van der Waals surface area contributed by atoms with Gasteiger partial charge in [-0.25, -0.2) is 0 Å². The number of benzene rings is 1. The topological polar surface area (TPSA) is 56.5 Å². The number of hydrogen-bond acceptors (Lipinski definition) is 4. The third kappa shape index (κ3) is 3.42. The van der Waals surface area contributed by atoms with Gasteiger partial charge < -0.3 is 14.6 Å². The molecule has 1 N–H and O–H groups in total. The second-order valence-corrected chi connectivity index (χ2v) is 6.29. The van der Waals surface area contributed by atoms with Crippen LogP contribution < -0.4 is 9.47 Å². The van der Waals surface area contributed by atoms with Gasteiger partial charge in [-0.3, -0.25) is 4.68 Å². The summed E-state index contributed by atoms with van der Waals surface area (Å²) in [5.41, 5.74) is 0.957. The van der Waals surface area contributed by atoms with Gasteiger partial charge in [0.15, 0.2) is 0 Å². The molecule has 0 saturated carbocycles. The molecule has 0 amide bonds. The summed E-state index contributed by atoms with van der Waals surface area (Å²) in [5.74, 6) is 1.68. The Labute approximate surface area is 130 Å². The van der Waals surface area contributed by atoms with Crippen molar-refractivity contribution in [3.8, 4) is 11.5 Å². The SMILES string of the molecule is CC1(C)CCc2c(OCC(O)Cn3cccn3)cccc2O1. The number of fused-ring (bicyclic) bond motifs is 1. The highest BCUT2D eigenvalue weighted by atomic mass is 16.5. The largest absolute Gasteiger partial charge is 0.490 e. The van der Waals surface area contributed by atoms with Crippen molar-refractivity contribution >= 4 is 0 Å². The van der Waals surface area contributed by atoms with Crippen molar-refractivity contribution in [3.05, 3.63) is 42.2 Å². The lowest BCUT2D eigenvalue weighted by Crippen LogP contribution is -2.33. The Hall–Kier alpha value is -2.01. The first-order valence-corrected chi connectivity index (χ1v) is 7.63. The van der Waals surface area contributed by atoms with Crippen molar-refractivity contribution in [1.82, 2.24) is 9.78 Å². The third-order valence-corrected chi connectivity index (χ3v) is 3.84. The lowest BCUT2D eigenvalue weighted by molar-refractivity contribution is 0.0759. The van der Waals surface area contributed by atoms with Crippen LogP contribution in [-0.4, -0.2) is 33.2 Å². The summed E-state index contributed by atoms with van der Waals surface area (Å²) < 4.78 is 13.5. The van der Waals surface area contributed by atoms with E-state index >= 15 is 0 Å². The van der Waals surface area contributed by atoms with Crippen LogP contribution in [0.4, 0.5) is 0 Å². The van der Waals surface area contributed by atoms with Gasteiger partial charge in [0.05, 0.1) is 6.54 Å². The van der Waals surface area contributed by atoms with Gasteiger partial charge in [0.25, 0.3) is 0 Å². The van der Waals surface area contributed by atoms with Crippen molar-refractivity contribution in [3.63, 3.8) is 0 Å². The van der Waals surface area contributed by atoms with E-state index in [4.69, 9.17) is 9.47 Å². The number of ether oxygens (including phenoxy) is 2. The second kappa shape index (κ2) is 6.01. The summed E-state index contributed by atoms with van der Waals surface area (Å²) >= 11 is 0.